The average molecular weight is 143 g/mol. The van der Waals surface area contributed by atoms with Gasteiger partial charge in [0.25, 0.3) is 0 Å². The SMILES string of the molecule is CCC1=CCCC=C1Cl. The molecule has 0 aromatic heterocycles. The number of allylic oxidation sites excluding steroid dienone is 4. The van der Waals surface area contributed by atoms with Crippen molar-refractivity contribution in [2.24, 2.45) is 0 Å². The molecule has 0 nitrogen and oxygen atoms in total. The topological polar surface area (TPSA) is 0 Å². The van der Waals surface area contributed by atoms with E-state index < -0.39 is 0 Å². The highest BCUT2D eigenvalue weighted by atomic mass is 35.5. The Bertz CT molecular complexity index is 154. The molecule has 50 valence electrons. The van der Waals surface area contributed by atoms with Gasteiger partial charge in [-0.25, -0.2) is 0 Å². The molecule has 1 aliphatic rings. The second kappa shape index (κ2) is 3.07. The van der Waals surface area contributed by atoms with Gasteiger partial charge in [-0.15, -0.1) is 0 Å². The summed E-state index contributed by atoms with van der Waals surface area (Å²) in [5, 5.41) is 0.962. The maximum Gasteiger partial charge on any atom is 0.0394 e. The molecule has 0 saturated heterocycles. The molecule has 1 rings (SSSR count). The lowest BCUT2D eigenvalue weighted by Gasteiger charge is -2.07. The van der Waals surface area contributed by atoms with Crippen LogP contribution >= 0.6 is 11.6 Å². The summed E-state index contributed by atoms with van der Waals surface area (Å²) in [6.07, 6.45) is 7.67. The second-order valence-electron chi connectivity index (χ2n) is 2.21. The normalized spacial score (nSPS) is 18.9. The van der Waals surface area contributed by atoms with Crippen molar-refractivity contribution >= 4 is 11.6 Å². The van der Waals surface area contributed by atoms with Crippen LogP contribution in [0.1, 0.15) is 26.2 Å². The highest BCUT2D eigenvalue weighted by Gasteiger charge is 2.01. The van der Waals surface area contributed by atoms with Gasteiger partial charge in [-0.3, -0.25) is 0 Å². The molecule has 0 fully saturated rings. The largest absolute Gasteiger partial charge is 0.0844 e. The van der Waals surface area contributed by atoms with E-state index in [2.05, 4.69) is 19.1 Å². The molecule has 0 spiro atoms. The van der Waals surface area contributed by atoms with Gasteiger partial charge in [0, 0.05) is 5.03 Å². The molecule has 9 heavy (non-hydrogen) atoms. The van der Waals surface area contributed by atoms with Crippen LogP contribution in [-0.4, -0.2) is 0 Å². The van der Waals surface area contributed by atoms with Gasteiger partial charge in [0.05, 0.1) is 0 Å². The first-order valence-electron chi connectivity index (χ1n) is 3.39. The van der Waals surface area contributed by atoms with Crippen LogP contribution in [0.15, 0.2) is 22.8 Å². The lowest BCUT2D eigenvalue weighted by atomic mass is 10.1. The zero-order valence-corrected chi connectivity index (χ0v) is 6.41. The molecule has 0 heterocycles. The summed E-state index contributed by atoms with van der Waals surface area (Å²) in [7, 11) is 0. The van der Waals surface area contributed by atoms with Crippen LogP contribution in [0.4, 0.5) is 0 Å². The first-order chi connectivity index (χ1) is 4.34. The maximum atomic E-state index is 5.88. The fourth-order valence-electron chi connectivity index (χ4n) is 1.01. The summed E-state index contributed by atoms with van der Waals surface area (Å²) in [6.45, 7) is 2.13. The first kappa shape index (κ1) is 6.88. The van der Waals surface area contributed by atoms with Gasteiger partial charge in [0.2, 0.25) is 0 Å². The van der Waals surface area contributed by atoms with Crippen LogP contribution in [0, 0.1) is 0 Å². The zero-order chi connectivity index (χ0) is 6.69. The Morgan fingerprint density at radius 1 is 1.44 bits per heavy atom. The Hall–Kier alpha value is -0.230. The smallest absolute Gasteiger partial charge is 0.0394 e. The molecule has 0 amide bonds. The standard InChI is InChI=1S/C8H11Cl/c1-2-7-5-3-4-6-8(7)9/h5-6H,2-4H2,1H3. The Labute approximate surface area is 61.2 Å². The Morgan fingerprint density at radius 3 is 2.56 bits per heavy atom. The predicted octanol–water partition coefficient (Wildman–Crippen LogP) is 3.24. The highest BCUT2D eigenvalue weighted by Crippen LogP contribution is 2.23. The fourth-order valence-corrected chi connectivity index (χ4v) is 1.33. The van der Waals surface area contributed by atoms with Crippen molar-refractivity contribution in [1.29, 1.82) is 0 Å². The van der Waals surface area contributed by atoms with E-state index in [4.69, 9.17) is 11.6 Å². The third-order valence-electron chi connectivity index (χ3n) is 1.57. The molecule has 0 aromatic carbocycles. The van der Waals surface area contributed by atoms with Crippen LogP contribution < -0.4 is 0 Å². The molecule has 0 unspecified atom stereocenters. The fraction of sp³-hybridized carbons (Fsp3) is 0.500. The van der Waals surface area contributed by atoms with Gasteiger partial charge in [0.1, 0.15) is 0 Å². The molecule has 0 radical (unpaired) electrons. The lowest BCUT2D eigenvalue weighted by molar-refractivity contribution is 0.976. The number of halogens is 1. The van der Waals surface area contributed by atoms with Crippen molar-refractivity contribution in [3.8, 4) is 0 Å². The summed E-state index contributed by atoms with van der Waals surface area (Å²) in [5.41, 5.74) is 1.31. The lowest BCUT2D eigenvalue weighted by Crippen LogP contribution is -1.86. The van der Waals surface area contributed by atoms with Crippen molar-refractivity contribution in [2.75, 3.05) is 0 Å². The summed E-state index contributed by atoms with van der Waals surface area (Å²) < 4.78 is 0. The Kier molecular flexibility index (Phi) is 2.35. The van der Waals surface area contributed by atoms with E-state index in [1.165, 1.54) is 12.0 Å². The minimum Gasteiger partial charge on any atom is -0.0844 e. The molecule has 0 aromatic rings. The first-order valence-corrected chi connectivity index (χ1v) is 3.77. The van der Waals surface area contributed by atoms with Crippen molar-refractivity contribution in [1.82, 2.24) is 0 Å². The summed E-state index contributed by atoms with van der Waals surface area (Å²) in [4.78, 5) is 0. The Morgan fingerprint density at radius 2 is 2.11 bits per heavy atom. The third kappa shape index (κ3) is 1.59. The van der Waals surface area contributed by atoms with Crippen molar-refractivity contribution < 1.29 is 0 Å². The van der Waals surface area contributed by atoms with Gasteiger partial charge >= 0.3 is 0 Å². The monoisotopic (exact) mass is 142 g/mol. The minimum absolute atomic E-state index is 0.962. The number of hydrogen-bond donors (Lipinski definition) is 0. The highest BCUT2D eigenvalue weighted by molar-refractivity contribution is 6.32. The molecule has 1 aliphatic carbocycles. The molecular formula is C8H11Cl. The third-order valence-corrected chi connectivity index (χ3v) is 1.97. The van der Waals surface area contributed by atoms with Crippen molar-refractivity contribution in [2.45, 2.75) is 26.2 Å². The molecule has 1 heteroatoms. The van der Waals surface area contributed by atoms with E-state index in [1.54, 1.807) is 0 Å². The van der Waals surface area contributed by atoms with E-state index in [1.807, 2.05) is 0 Å². The van der Waals surface area contributed by atoms with E-state index in [-0.39, 0.29) is 0 Å². The van der Waals surface area contributed by atoms with Gasteiger partial charge in [-0.05, 0) is 24.8 Å². The zero-order valence-electron chi connectivity index (χ0n) is 5.65. The molecular weight excluding hydrogens is 132 g/mol. The van der Waals surface area contributed by atoms with Crippen LogP contribution in [0.5, 0.6) is 0 Å². The number of rotatable bonds is 1. The molecule has 0 aliphatic heterocycles. The molecule has 0 bridgehead atoms. The van der Waals surface area contributed by atoms with Crippen LogP contribution in [0.3, 0.4) is 0 Å². The van der Waals surface area contributed by atoms with E-state index >= 15 is 0 Å². The van der Waals surface area contributed by atoms with Gasteiger partial charge in [0.15, 0.2) is 0 Å². The van der Waals surface area contributed by atoms with Gasteiger partial charge < -0.3 is 0 Å². The maximum absolute atomic E-state index is 5.88. The summed E-state index contributed by atoms with van der Waals surface area (Å²) in [5.74, 6) is 0. The van der Waals surface area contributed by atoms with Crippen LogP contribution in [-0.2, 0) is 0 Å². The Balaban J connectivity index is 2.68. The number of hydrogen-bond acceptors (Lipinski definition) is 0. The van der Waals surface area contributed by atoms with Crippen molar-refractivity contribution in [3.63, 3.8) is 0 Å². The van der Waals surface area contributed by atoms with Crippen LogP contribution in [0.2, 0.25) is 0 Å². The minimum atomic E-state index is 0.962. The summed E-state index contributed by atoms with van der Waals surface area (Å²) >= 11 is 5.88. The average Bonchev–Trinajstić information content (AvgIpc) is 1.89. The molecule has 0 N–H and O–H groups in total. The molecule has 0 atom stereocenters. The molecule has 0 saturated carbocycles. The quantitative estimate of drug-likeness (QED) is 0.527. The van der Waals surface area contributed by atoms with E-state index in [0.29, 0.717) is 0 Å². The predicted molar refractivity (Wildman–Crippen MR) is 41.5 cm³/mol. The van der Waals surface area contributed by atoms with Gasteiger partial charge in [-0.1, -0.05) is 30.7 Å². The summed E-state index contributed by atoms with van der Waals surface area (Å²) in [6, 6.07) is 0. The van der Waals surface area contributed by atoms with E-state index in [9.17, 15) is 0 Å². The van der Waals surface area contributed by atoms with Crippen molar-refractivity contribution in [3.05, 3.63) is 22.8 Å². The van der Waals surface area contributed by atoms with E-state index in [0.717, 1.165) is 17.9 Å². The van der Waals surface area contributed by atoms with Crippen LogP contribution in [0.25, 0.3) is 0 Å². The second-order valence-corrected chi connectivity index (χ2v) is 2.62. The van der Waals surface area contributed by atoms with Gasteiger partial charge in [-0.2, -0.15) is 0 Å².